The maximum Gasteiger partial charge on any atom is 0.320 e. The molecular formula is C50H67N5O6S. The van der Waals surface area contributed by atoms with Crippen molar-refractivity contribution in [1.82, 2.24) is 26.8 Å². The smallest absolute Gasteiger partial charge is 0.320 e. The summed E-state index contributed by atoms with van der Waals surface area (Å²) in [4.78, 5) is 41.2. The van der Waals surface area contributed by atoms with Gasteiger partial charge in [-0.15, -0.1) is 0 Å². The maximum atomic E-state index is 14.0. The molecule has 13 atom stereocenters. The van der Waals surface area contributed by atoms with E-state index in [1.807, 2.05) is 24.3 Å². The van der Waals surface area contributed by atoms with Gasteiger partial charge in [-0.1, -0.05) is 82.1 Å². The molecule has 0 unspecified atom stereocenters. The molecule has 2 heterocycles. The third-order valence-electron chi connectivity index (χ3n) is 17.3. The quantitative estimate of drug-likeness (QED) is 0.0661. The Morgan fingerprint density at radius 3 is 2.21 bits per heavy atom. The van der Waals surface area contributed by atoms with Gasteiger partial charge in [0, 0.05) is 36.4 Å². The molecule has 4 bridgehead atoms. The van der Waals surface area contributed by atoms with Crippen molar-refractivity contribution < 1.29 is 29.0 Å². The van der Waals surface area contributed by atoms with Gasteiger partial charge in [0.1, 0.15) is 12.2 Å². The Morgan fingerprint density at radius 1 is 0.855 bits per heavy atom. The monoisotopic (exact) mass is 865 g/mol. The number of fused-ring (bicyclic) bond motifs is 9. The van der Waals surface area contributed by atoms with Gasteiger partial charge in [0.2, 0.25) is 5.91 Å². The fraction of sp³-hybridized carbons (Fsp3) is 0.640. The Balaban J connectivity index is 0.895. The van der Waals surface area contributed by atoms with Gasteiger partial charge in [0.25, 0.3) is 0 Å². The van der Waals surface area contributed by atoms with Gasteiger partial charge in [-0.2, -0.15) is 0 Å². The van der Waals surface area contributed by atoms with Crippen molar-refractivity contribution in [3.05, 3.63) is 60.2 Å². The number of esters is 2. The zero-order valence-electron chi connectivity index (χ0n) is 36.8. The number of carbonyl (C=O) groups excluding carboxylic acids is 3. The first-order valence-electron chi connectivity index (χ1n) is 23.7. The van der Waals surface area contributed by atoms with Crippen molar-refractivity contribution in [2.75, 3.05) is 13.1 Å². The second kappa shape index (κ2) is 18.0. The molecule has 10 rings (SSSR count). The van der Waals surface area contributed by atoms with Crippen molar-refractivity contribution in [3.63, 3.8) is 0 Å². The number of thiocarbonyl (C=S) groups is 1. The molecule has 2 aliphatic heterocycles. The molecule has 5 aliphatic carbocycles. The second-order valence-corrected chi connectivity index (χ2v) is 20.8. The van der Waals surface area contributed by atoms with Crippen LogP contribution in [0.5, 0.6) is 0 Å². The van der Waals surface area contributed by atoms with Crippen LogP contribution in [0.15, 0.2) is 54.6 Å². The number of hydrazine groups is 1. The first-order chi connectivity index (χ1) is 29.9. The summed E-state index contributed by atoms with van der Waals surface area (Å²) < 4.78 is 13.4. The highest BCUT2D eigenvalue weighted by atomic mass is 32.1. The van der Waals surface area contributed by atoms with Crippen LogP contribution in [0.3, 0.4) is 0 Å². The molecule has 7 fully saturated rings. The van der Waals surface area contributed by atoms with Crippen LogP contribution < -0.4 is 26.8 Å². The summed E-state index contributed by atoms with van der Waals surface area (Å²) in [6, 6.07) is 19.1. The lowest BCUT2D eigenvalue weighted by Crippen LogP contribution is -2.63. The van der Waals surface area contributed by atoms with E-state index in [9.17, 15) is 19.5 Å². The molecular weight excluding hydrogens is 799 g/mol. The third kappa shape index (κ3) is 8.34. The Bertz CT molecular complexity index is 2120. The molecule has 0 radical (unpaired) electrons. The predicted octanol–water partition coefficient (Wildman–Crippen LogP) is 6.97. The lowest BCUT2D eigenvalue weighted by atomic mass is 9.43. The zero-order valence-corrected chi connectivity index (χ0v) is 37.6. The number of ether oxygens (including phenoxy) is 2. The topological polar surface area (TPSA) is 150 Å². The summed E-state index contributed by atoms with van der Waals surface area (Å²) in [6.07, 6.45) is 9.91. The number of carbonyl (C=O) groups is 3. The van der Waals surface area contributed by atoms with Crippen LogP contribution in [-0.2, 0) is 30.4 Å². The van der Waals surface area contributed by atoms with E-state index in [2.05, 4.69) is 77.9 Å². The maximum absolute atomic E-state index is 14.0. The third-order valence-corrected chi connectivity index (χ3v) is 17.5. The van der Waals surface area contributed by atoms with Gasteiger partial charge in [0.05, 0.1) is 19.2 Å². The first kappa shape index (κ1) is 43.4. The number of hydrogen-bond acceptors (Lipinski definition) is 9. The van der Waals surface area contributed by atoms with Gasteiger partial charge < -0.3 is 30.5 Å². The molecule has 0 spiro atoms. The molecule has 1 amide bonds. The van der Waals surface area contributed by atoms with Crippen molar-refractivity contribution in [3.8, 4) is 0 Å². The average molecular weight is 866 g/mol. The molecule has 5 saturated carbocycles. The summed E-state index contributed by atoms with van der Waals surface area (Å²) in [5.41, 5.74) is 6.52. The minimum Gasteiger partial charge on any atom is -0.461 e. The Morgan fingerprint density at radius 2 is 1.52 bits per heavy atom. The van der Waals surface area contributed by atoms with E-state index < -0.39 is 0 Å². The second-order valence-electron chi connectivity index (χ2n) is 20.4. The number of aliphatic hydroxyl groups excluding tert-OH is 1. The molecule has 11 nitrogen and oxygen atoms in total. The molecule has 7 aliphatic rings. The van der Waals surface area contributed by atoms with Crippen LogP contribution in [0.25, 0.3) is 21.5 Å². The van der Waals surface area contributed by atoms with Crippen LogP contribution in [-0.4, -0.2) is 71.5 Å². The fourth-order valence-electron chi connectivity index (χ4n) is 14.1. The minimum atomic E-state index is -0.365. The number of amides is 1. The van der Waals surface area contributed by atoms with Gasteiger partial charge in [-0.3, -0.25) is 25.2 Å². The Labute approximate surface area is 371 Å². The van der Waals surface area contributed by atoms with E-state index in [4.69, 9.17) is 21.7 Å². The number of hydrogen-bond donors (Lipinski definition) is 6. The van der Waals surface area contributed by atoms with Crippen LogP contribution in [0.4, 0.5) is 0 Å². The van der Waals surface area contributed by atoms with Crippen LogP contribution in [0, 0.1) is 46.3 Å². The molecule has 2 saturated heterocycles. The average Bonchev–Trinajstić information content (AvgIpc) is 3.63. The SMILES string of the molecule is C[C@H](CCC(=O)NNC(=S)NCc1c2ccccc2cc2ccccc12)[C@H]1CC[C@H]2[C@@H]3[C@H]4C[C@@H]5C[C@H](O)CC[C@]5(C)[C@H]3C[C@H](OC(=O)CN[C@H]3CCCC[C@@H]3NCC(=O)O4)[C@]12C. The lowest BCUT2D eigenvalue weighted by Gasteiger charge is -2.64. The fourth-order valence-corrected chi connectivity index (χ4v) is 14.2. The predicted molar refractivity (Wildman–Crippen MR) is 244 cm³/mol. The van der Waals surface area contributed by atoms with E-state index in [-0.39, 0.29) is 108 Å². The largest absolute Gasteiger partial charge is 0.461 e. The Hall–Kier alpha value is -3.84. The molecule has 0 aromatic heterocycles. The standard InChI is InChI=1S/C50H67N5O6S/c1-29(16-19-44(57)54-55-48(62)53-26-36-34-12-6-4-10-30(34)22-31-11-5-7-13-35(31)36)37-17-18-38-47-39-25-43(50(37,38)3)61-46(59)28-52-41-15-9-8-14-40(41)51-27-45(58)60-42(47)24-32-23-33(56)20-21-49(32,39)2/h4-7,10-13,22,29,32-33,37-43,47,51-52,56H,8-9,14-21,23-28H2,1-3H3,(H,54,57)(H2,53,55,62)/t29-,32+,33-,37-,38+,39+,40+,41+,42-,43+,47+,49+,50-/m1/s1. The van der Waals surface area contributed by atoms with Crippen molar-refractivity contribution in [2.45, 2.75) is 141 Å². The number of aliphatic hydroxyl groups is 1. The minimum absolute atomic E-state index is 0.0505. The molecule has 6 N–H and O–H groups in total. The molecule has 62 heavy (non-hydrogen) atoms. The highest BCUT2D eigenvalue weighted by Crippen LogP contribution is 2.69. The van der Waals surface area contributed by atoms with Crippen molar-refractivity contribution in [2.24, 2.45) is 46.3 Å². The van der Waals surface area contributed by atoms with E-state index in [0.717, 1.165) is 80.5 Å². The van der Waals surface area contributed by atoms with Crippen molar-refractivity contribution >= 4 is 56.7 Å². The zero-order chi connectivity index (χ0) is 43.2. The summed E-state index contributed by atoms with van der Waals surface area (Å²) in [5.74, 6) is 0.552. The van der Waals surface area contributed by atoms with E-state index >= 15 is 0 Å². The number of rotatable bonds is 6. The highest BCUT2D eigenvalue weighted by molar-refractivity contribution is 7.80. The summed E-state index contributed by atoms with van der Waals surface area (Å²) in [5, 5.41) is 26.2. The van der Waals surface area contributed by atoms with Gasteiger partial charge in [-0.25, -0.2) is 0 Å². The van der Waals surface area contributed by atoms with Gasteiger partial charge >= 0.3 is 11.9 Å². The van der Waals surface area contributed by atoms with E-state index in [1.165, 1.54) is 10.8 Å². The van der Waals surface area contributed by atoms with Crippen LogP contribution in [0.2, 0.25) is 0 Å². The van der Waals surface area contributed by atoms with Gasteiger partial charge in [0.15, 0.2) is 5.11 Å². The molecule has 12 heteroatoms. The van der Waals surface area contributed by atoms with Gasteiger partial charge in [-0.05, 0) is 145 Å². The first-order valence-corrected chi connectivity index (χ1v) is 24.1. The van der Waals surface area contributed by atoms with E-state index in [0.29, 0.717) is 30.9 Å². The lowest BCUT2D eigenvalue weighted by molar-refractivity contribution is -0.224. The normalized spacial score (nSPS) is 36.5. The molecule has 334 valence electrons. The highest BCUT2D eigenvalue weighted by Gasteiger charge is 2.67. The number of benzene rings is 3. The Kier molecular flexibility index (Phi) is 12.6. The molecule has 3 aromatic carbocycles. The van der Waals surface area contributed by atoms with Crippen molar-refractivity contribution in [1.29, 1.82) is 0 Å². The summed E-state index contributed by atoms with van der Waals surface area (Å²) in [7, 11) is 0. The summed E-state index contributed by atoms with van der Waals surface area (Å²) in [6.45, 7) is 7.78. The van der Waals surface area contributed by atoms with Crippen LogP contribution >= 0.6 is 12.2 Å². The summed E-state index contributed by atoms with van der Waals surface area (Å²) >= 11 is 5.63. The number of nitrogens with one attached hydrogen (secondary N) is 5. The van der Waals surface area contributed by atoms with E-state index in [1.54, 1.807) is 0 Å². The molecule has 3 aromatic rings. The van der Waals surface area contributed by atoms with Crippen LogP contribution in [0.1, 0.15) is 110 Å².